The van der Waals surface area contributed by atoms with Crippen LogP contribution in [0.1, 0.15) is 58.8 Å². The summed E-state index contributed by atoms with van der Waals surface area (Å²) < 4.78 is 0. The first-order valence-corrected chi connectivity index (χ1v) is 5.79. The summed E-state index contributed by atoms with van der Waals surface area (Å²) in [5, 5.41) is -0.155. The SMILES string of the molecule is CCCCCCCC(CC)C(=O)Cl. The van der Waals surface area contributed by atoms with Crippen LogP contribution < -0.4 is 0 Å². The molecule has 0 heterocycles. The smallest absolute Gasteiger partial charge is 0.224 e. The van der Waals surface area contributed by atoms with E-state index in [0.717, 1.165) is 19.3 Å². The first-order valence-electron chi connectivity index (χ1n) is 5.41. The summed E-state index contributed by atoms with van der Waals surface area (Å²) in [6.45, 7) is 4.23. The highest BCUT2D eigenvalue weighted by molar-refractivity contribution is 6.63. The zero-order valence-corrected chi connectivity index (χ0v) is 9.57. The van der Waals surface area contributed by atoms with Gasteiger partial charge in [-0.15, -0.1) is 0 Å². The van der Waals surface area contributed by atoms with Gasteiger partial charge in [-0.25, -0.2) is 0 Å². The second-order valence-electron chi connectivity index (χ2n) is 3.61. The second-order valence-corrected chi connectivity index (χ2v) is 3.98. The zero-order valence-electron chi connectivity index (χ0n) is 8.81. The average molecular weight is 205 g/mol. The van der Waals surface area contributed by atoms with Gasteiger partial charge in [-0.1, -0.05) is 46.0 Å². The van der Waals surface area contributed by atoms with E-state index in [1.807, 2.05) is 6.92 Å². The van der Waals surface area contributed by atoms with Crippen molar-refractivity contribution in [2.45, 2.75) is 58.8 Å². The Morgan fingerprint density at radius 2 is 1.77 bits per heavy atom. The number of hydrogen-bond donors (Lipinski definition) is 0. The number of carbonyl (C=O) groups is 1. The fourth-order valence-electron chi connectivity index (χ4n) is 1.47. The van der Waals surface area contributed by atoms with E-state index in [4.69, 9.17) is 11.6 Å². The van der Waals surface area contributed by atoms with Gasteiger partial charge in [-0.3, -0.25) is 4.79 Å². The van der Waals surface area contributed by atoms with Crippen LogP contribution in [0.2, 0.25) is 0 Å². The first kappa shape index (κ1) is 13.0. The van der Waals surface area contributed by atoms with Gasteiger partial charge in [-0.05, 0) is 24.4 Å². The maximum atomic E-state index is 10.9. The highest BCUT2D eigenvalue weighted by atomic mass is 35.5. The Labute approximate surface area is 86.9 Å². The van der Waals surface area contributed by atoms with E-state index < -0.39 is 0 Å². The fourth-order valence-corrected chi connectivity index (χ4v) is 1.74. The second kappa shape index (κ2) is 8.55. The molecule has 0 aromatic rings. The predicted molar refractivity (Wildman–Crippen MR) is 58.0 cm³/mol. The molecule has 0 aromatic heterocycles. The van der Waals surface area contributed by atoms with Crippen LogP contribution in [0.25, 0.3) is 0 Å². The summed E-state index contributed by atoms with van der Waals surface area (Å²) >= 11 is 5.45. The van der Waals surface area contributed by atoms with Crippen LogP contribution in [-0.2, 0) is 4.79 Å². The van der Waals surface area contributed by atoms with Crippen molar-refractivity contribution in [3.63, 3.8) is 0 Å². The van der Waals surface area contributed by atoms with Gasteiger partial charge in [0.1, 0.15) is 0 Å². The van der Waals surface area contributed by atoms with Crippen molar-refractivity contribution in [1.29, 1.82) is 0 Å². The lowest BCUT2D eigenvalue weighted by atomic mass is 9.99. The Morgan fingerprint density at radius 1 is 1.15 bits per heavy atom. The van der Waals surface area contributed by atoms with Crippen LogP contribution >= 0.6 is 11.6 Å². The van der Waals surface area contributed by atoms with Gasteiger partial charge >= 0.3 is 0 Å². The molecule has 1 unspecified atom stereocenters. The molecule has 2 heteroatoms. The Balaban J connectivity index is 3.33. The lowest BCUT2D eigenvalue weighted by molar-refractivity contribution is -0.115. The van der Waals surface area contributed by atoms with Gasteiger partial charge in [0.05, 0.1) is 0 Å². The van der Waals surface area contributed by atoms with E-state index in [2.05, 4.69) is 6.92 Å². The maximum absolute atomic E-state index is 10.9. The third-order valence-electron chi connectivity index (χ3n) is 2.47. The molecule has 1 nitrogen and oxygen atoms in total. The molecule has 0 aromatic carbocycles. The molecule has 1 atom stereocenters. The largest absolute Gasteiger partial charge is 0.281 e. The van der Waals surface area contributed by atoms with E-state index in [9.17, 15) is 4.79 Å². The minimum absolute atomic E-state index is 0.100. The Hall–Kier alpha value is -0.0400. The molecule has 0 saturated carbocycles. The van der Waals surface area contributed by atoms with Crippen molar-refractivity contribution in [2.75, 3.05) is 0 Å². The molecule has 0 aliphatic heterocycles. The number of halogens is 1. The monoisotopic (exact) mass is 204 g/mol. The number of hydrogen-bond acceptors (Lipinski definition) is 1. The lowest BCUT2D eigenvalue weighted by Gasteiger charge is -2.08. The molecular weight excluding hydrogens is 184 g/mol. The zero-order chi connectivity index (χ0) is 10.1. The lowest BCUT2D eigenvalue weighted by Crippen LogP contribution is -2.06. The maximum Gasteiger partial charge on any atom is 0.224 e. The Kier molecular flexibility index (Phi) is 8.53. The Morgan fingerprint density at radius 3 is 2.23 bits per heavy atom. The molecule has 0 saturated heterocycles. The summed E-state index contributed by atoms with van der Waals surface area (Å²) in [5.74, 6) is 0.100. The molecule has 0 fully saturated rings. The molecule has 0 amide bonds. The molecule has 0 rings (SSSR count). The standard InChI is InChI=1S/C11H21ClO/c1-3-5-6-7-8-9-10(4-2)11(12)13/h10H,3-9H2,1-2H3. The molecule has 78 valence electrons. The van der Waals surface area contributed by atoms with Gasteiger partial charge < -0.3 is 0 Å². The number of unbranched alkanes of at least 4 members (excludes halogenated alkanes) is 4. The van der Waals surface area contributed by atoms with Crippen LogP contribution in [0, 0.1) is 5.92 Å². The van der Waals surface area contributed by atoms with E-state index in [1.54, 1.807) is 0 Å². The summed E-state index contributed by atoms with van der Waals surface area (Å²) in [6, 6.07) is 0. The topological polar surface area (TPSA) is 17.1 Å². The summed E-state index contributed by atoms with van der Waals surface area (Å²) in [4.78, 5) is 10.9. The third kappa shape index (κ3) is 7.06. The van der Waals surface area contributed by atoms with E-state index in [1.165, 1.54) is 25.7 Å². The van der Waals surface area contributed by atoms with Crippen molar-refractivity contribution < 1.29 is 4.79 Å². The normalized spacial score (nSPS) is 12.8. The minimum atomic E-state index is -0.155. The molecular formula is C11H21ClO. The molecule has 0 aliphatic rings. The van der Waals surface area contributed by atoms with Gasteiger partial charge in [0.25, 0.3) is 0 Å². The van der Waals surface area contributed by atoms with Crippen LogP contribution in [0.5, 0.6) is 0 Å². The van der Waals surface area contributed by atoms with Crippen molar-refractivity contribution in [3.05, 3.63) is 0 Å². The van der Waals surface area contributed by atoms with Crippen molar-refractivity contribution in [1.82, 2.24) is 0 Å². The van der Waals surface area contributed by atoms with Crippen LogP contribution in [0.15, 0.2) is 0 Å². The third-order valence-corrected chi connectivity index (χ3v) is 2.78. The van der Waals surface area contributed by atoms with Crippen molar-refractivity contribution >= 4 is 16.8 Å². The van der Waals surface area contributed by atoms with Crippen LogP contribution in [0.4, 0.5) is 0 Å². The first-order chi connectivity index (χ1) is 6.22. The summed E-state index contributed by atoms with van der Waals surface area (Å²) in [5.41, 5.74) is 0. The molecule has 13 heavy (non-hydrogen) atoms. The van der Waals surface area contributed by atoms with Gasteiger partial charge in [0, 0.05) is 5.92 Å². The van der Waals surface area contributed by atoms with Gasteiger partial charge in [0.15, 0.2) is 0 Å². The van der Waals surface area contributed by atoms with Crippen LogP contribution in [0.3, 0.4) is 0 Å². The minimum Gasteiger partial charge on any atom is -0.281 e. The predicted octanol–water partition coefficient (Wildman–Crippen LogP) is 4.14. The quantitative estimate of drug-likeness (QED) is 0.429. The highest BCUT2D eigenvalue weighted by Crippen LogP contribution is 2.16. The highest BCUT2D eigenvalue weighted by Gasteiger charge is 2.12. The molecule has 0 radical (unpaired) electrons. The molecule has 0 spiro atoms. The van der Waals surface area contributed by atoms with Crippen molar-refractivity contribution in [2.24, 2.45) is 5.92 Å². The van der Waals surface area contributed by atoms with Gasteiger partial charge in [0.2, 0.25) is 5.24 Å². The van der Waals surface area contributed by atoms with E-state index in [0.29, 0.717) is 0 Å². The summed E-state index contributed by atoms with van der Waals surface area (Å²) in [7, 11) is 0. The summed E-state index contributed by atoms with van der Waals surface area (Å²) in [6.07, 6.45) is 8.13. The number of carbonyl (C=O) groups excluding carboxylic acids is 1. The van der Waals surface area contributed by atoms with Gasteiger partial charge in [-0.2, -0.15) is 0 Å². The van der Waals surface area contributed by atoms with E-state index >= 15 is 0 Å². The Bertz CT molecular complexity index is 134. The number of rotatable bonds is 8. The van der Waals surface area contributed by atoms with E-state index in [-0.39, 0.29) is 11.2 Å². The fraction of sp³-hybridized carbons (Fsp3) is 0.909. The average Bonchev–Trinajstić information content (AvgIpc) is 2.10. The van der Waals surface area contributed by atoms with Crippen molar-refractivity contribution in [3.8, 4) is 0 Å². The molecule has 0 N–H and O–H groups in total. The molecule has 0 bridgehead atoms. The van der Waals surface area contributed by atoms with Crippen LogP contribution in [-0.4, -0.2) is 5.24 Å². The molecule has 0 aliphatic carbocycles.